The van der Waals surface area contributed by atoms with Crippen LogP contribution in [0.25, 0.3) is 0 Å². The average Bonchev–Trinajstić information content (AvgIpc) is 2.27. The molecule has 0 amide bonds. The summed E-state index contributed by atoms with van der Waals surface area (Å²) in [6, 6.07) is 4.73. The molecule has 0 saturated heterocycles. The van der Waals surface area contributed by atoms with Crippen molar-refractivity contribution in [2.24, 2.45) is 0 Å². The SMILES string of the molecule is O=C(O)CN(CC(=O)O)CC(=O)c1ccc(F)cc1. The molecule has 1 aromatic carbocycles. The molecule has 0 fully saturated rings. The molecule has 102 valence electrons. The van der Waals surface area contributed by atoms with Gasteiger partial charge in [0.15, 0.2) is 5.78 Å². The molecule has 0 aromatic heterocycles. The Labute approximate surface area is 108 Å². The van der Waals surface area contributed by atoms with E-state index in [9.17, 15) is 18.8 Å². The first-order valence-corrected chi connectivity index (χ1v) is 5.33. The van der Waals surface area contributed by atoms with Crippen LogP contribution in [0.3, 0.4) is 0 Å². The van der Waals surface area contributed by atoms with Gasteiger partial charge >= 0.3 is 11.9 Å². The molecular weight excluding hydrogens is 257 g/mol. The smallest absolute Gasteiger partial charge is 0.317 e. The number of hydrogen-bond acceptors (Lipinski definition) is 4. The van der Waals surface area contributed by atoms with Crippen molar-refractivity contribution in [2.45, 2.75) is 0 Å². The van der Waals surface area contributed by atoms with Gasteiger partial charge in [-0.3, -0.25) is 19.3 Å². The number of rotatable bonds is 7. The Bertz CT molecular complexity index is 469. The summed E-state index contributed by atoms with van der Waals surface area (Å²) in [5.41, 5.74) is 0.196. The molecule has 0 atom stereocenters. The normalized spacial score (nSPS) is 10.4. The molecule has 6 nitrogen and oxygen atoms in total. The van der Waals surface area contributed by atoms with Gasteiger partial charge in [0.2, 0.25) is 0 Å². The number of carboxylic acids is 2. The third-order valence-electron chi connectivity index (χ3n) is 2.25. The summed E-state index contributed by atoms with van der Waals surface area (Å²) < 4.78 is 12.7. The Morgan fingerprint density at radius 2 is 1.42 bits per heavy atom. The summed E-state index contributed by atoms with van der Waals surface area (Å²) in [7, 11) is 0. The van der Waals surface area contributed by atoms with Crippen LogP contribution in [0.5, 0.6) is 0 Å². The average molecular weight is 269 g/mol. The third-order valence-corrected chi connectivity index (χ3v) is 2.25. The lowest BCUT2D eigenvalue weighted by Crippen LogP contribution is -2.38. The Balaban J connectivity index is 2.72. The number of aliphatic carboxylic acids is 2. The van der Waals surface area contributed by atoms with Crippen LogP contribution in [0.15, 0.2) is 24.3 Å². The highest BCUT2D eigenvalue weighted by atomic mass is 19.1. The van der Waals surface area contributed by atoms with Gasteiger partial charge in [0.1, 0.15) is 5.82 Å². The molecule has 2 N–H and O–H groups in total. The Kier molecular flexibility index (Phi) is 5.13. The maximum atomic E-state index is 12.7. The van der Waals surface area contributed by atoms with Crippen LogP contribution in [0.1, 0.15) is 10.4 Å². The van der Waals surface area contributed by atoms with E-state index >= 15 is 0 Å². The molecular formula is C12H12FNO5. The molecule has 0 aliphatic rings. The van der Waals surface area contributed by atoms with E-state index in [-0.39, 0.29) is 12.1 Å². The number of carbonyl (C=O) groups excluding carboxylic acids is 1. The Morgan fingerprint density at radius 3 is 1.84 bits per heavy atom. The largest absolute Gasteiger partial charge is 0.480 e. The Hall–Kier alpha value is -2.28. The minimum Gasteiger partial charge on any atom is -0.480 e. The van der Waals surface area contributed by atoms with Gasteiger partial charge in [0.25, 0.3) is 0 Å². The molecule has 0 aliphatic heterocycles. The quantitative estimate of drug-likeness (QED) is 0.699. The number of halogens is 1. The fraction of sp³-hybridized carbons (Fsp3) is 0.250. The molecule has 1 rings (SSSR count). The summed E-state index contributed by atoms with van der Waals surface area (Å²) in [4.78, 5) is 33.9. The first kappa shape index (κ1) is 14.8. The number of carbonyl (C=O) groups is 3. The van der Waals surface area contributed by atoms with Crippen molar-refractivity contribution in [1.82, 2.24) is 4.90 Å². The topological polar surface area (TPSA) is 94.9 Å². The lowest BCUT2D eigenvalue weighted by atomic mass is 10.1. The van der Waals surface area contributed by atoms with Crippen molar-refractivity contribution >= 4 is 17.7 Å². The summed E-state index contributed by atoms with van der Waals surface area (Å²) in [5.74, 6) is -3.42. The van der Waals surface area contributed by atoms with Gasteiger partial charge in [-0.25, -0.2) is 4.39 Å². The zero-order valence-corrected chi connectivity index (χ0v) is 9.88. The summed E-state index contributed by atoms with van der Waals surface area (Å²) >= 11 is 0. The van der Waals surface area contributed by atoms with Crippen LogP contribution in [0, 0.1) is 5.82 Å². The first-order valence-electron chi connectivity index (χ1n) is 5.33. The standard InChI is InChI=1S/C12H12FNO5/c13-9-3-1-8(2-4-9)10(15)5-14(6-11(16)17)7-12(18)19/h1-4H,5-7H2,(H,16,17)(H,18,19). The van der Waals surface area contributed by atoms with Crippen LogP contribution in [-0.2, 0) is 9.59 Å². The molecule has 0 unspecified atom stereocenters. The van der Waals surface area contributed by atoms with Gasteiger partial charge in [0.05, 0.1) is 19.6 Å². The van der Waals surface area contributed by atoms with Crippen LogP contribution in [0.4, 0.5) is 4.39 Å². The van der Waals surface area contributed by atoms with Crippen LogP contribution < -0.4 is 0 Å². The van der Waals surface area contributed by atoms with Gasteiger partial charge in [-0.15, -0.1) is 0 Å². The maximum Gasteiger partial charge on any atom is 0.317 e. The van der Waals surface area contributed by atoms with Gasteiger partial charge < -0.3 is 10.2 Å². The van der Waals surface area contributed by atoms with Gasteiger partial charge in [-0.2, -0.15) is 0 Å². The summed E-state index contributed by atoms with van der Waals surface area (Å²) in [5, 5.41) is 17.2. The molecule has 0 spiro atoms. The number of ketones is 1. The van der Waals surface area contributed by atoms with E-state index in [4.69, 9.17) is 10.2 Å². The third kappa shape index (κ3) is 5.26. The number of carboxylic acid groups (broad SMARTS) is 2. The predicted molar refractivity (Wildman–Crippen MR) is 62.4 cm³/mol. The van der Waals surface area contributed by atoms with Gasteiger partial charge in [-0.05, 0) is 24.3 Å². The second-order valence-electron chi connectivity index (χ2n) is 3.86. The minimum absolute atomic E-state index is 0.196. The van der Waals surface area contributed by atoms with Crippen LogP contribution >= 0.6 is 0 Å². The van der Waals surface area contributed by atoms with Crippen molar-refractivity contribution < 1.29 is 29.0 Å². The number of Topliss-reactive ketones (excluding diaryl/α,β-unsaturated/α-hetero) is 1. The van der Waals surface area contributed by atoms with Crippen molar-refractivity contribution in [3.8, 4) is 0 Å². The fourth-order valence-corrected chi connectivity index (χ4v) is 1.48. The fourth-order valence-electron chi connectivity index (χ4n) is 1.48. The molecule has 1 aromatic rings. The molecule has 0 heterocycles. The molecule has 0 saturated carbocycles. The maximum absolute atomic E-state index is 12.7. The highest BCUT2D eigenvalue weighted by Gasteiger charge is 2.17. The van der Waals surface area contributed by atoms with Crippen molar-refractivity contribution in [1.29, 1.82) is 0 Å². The minimum atomic E-state index is -1.23. The van der Waals surface area contributed by atoms with E-state index < -0.39 is 36.6 Å². The number of benzene rings is 1. The van der Waals surface area contributed by atoms with E-state index in [0.717, 1.165) is 17.0 Å². The van der Waals surface area contributed by atoms with Crippen LogP contribution in [-0.4, -0.2) is 52.5 Å². The number of hydrogen-bond donors (Lipinski definition) is 2. The second kappa shape index (κ2) is 6.60. The molecule has 7 heteroatoms. The highest BCUT2D eigenvalue weighted by molar-refractivity contribution is 5.98. The van der Waals surface area contributed by atoms with Crippen molar-refractivity contribution in [2.75, 3.05) is 19.6 Å². The molecule has 19 heavy (non-hydrogen) atoms. The van der Waals surface area contributed by atoms with E-state index in [1.807, 2.05) is 0 Å². The predicted octanol–water partition coefficient (Wildman–Crippen LogP) is 0.480. The zero-order chi connectivity index (χ0) is 14.4. The van der Waals surface area contributed by atoms with E-state index in [0.29, 0.717) is 0 Å². The Morgan fingerprint density at radius 1 is 0.947 bits per heavy atom. The first-order chi connectivity index (χ1) is 8.88. The summed E-state index contributed by atoms with van der Waals surface area (Å²) in [6.07, 6.45) is 0. The van der Waals surface area contributed by atoms with E-state index in [1.165, 1.54) is 12.1 Å². The number of nitrogens with zero attached hydrogens (tertiary/aromatic N) is 1. The van der Waals surface area contributed by atoms with Gasteiger partial charge in [-0.1, -0.05) is 0 Å². The lowest BCUT2D eigenvalue weighted by Gasteiger charge is -2.16. The van der Waals surface area contributed by atoms with Crippen molar-refractivity contribution in [3.63, 3.8) is 0 Å². The summed E-state index contributed by atoms with van der Waals surface area (Å²) in [6.45, 7) is -1.47. The second-order valence-corrected chi connectivity index (χ2v) is 3.86. The molecule has 0 radical (unpaired) electrons. The van der Waals surface area contributed by atoms with Gasteiger partial charge in [0, 0.05) is 5.56 Å². The monoisotopic (exact) mass is 269 g/mol. The zero-order valence-electron chi connectivity index (χ0n) is 9.88. The molecule has 0 bridgehead atoms. The van der Waals surface area contributed by atoms with E-state index in [1.54, 1.807) is 0 Å². The van der Waals surface area contributed by atoms with E-state index in [2.05, 4.69) is 0 Å². The highest BCUT2D eigenvalue weighted by Crippen LogP contribution is 2.05. The lowest BCUT2D eigenvalue weighted by molar-refractivity contribution is -0.141. The van der Waals surface area contributed by atoms with Crippen LogP contribution in [0.2, 0.25) is 0 Å². The molecule has 0 aliphatic carbocycles. The van der Waals surface area contributed by atoms with Crippen molar-refractivity contribution in [3.05, 3.63) is 35.6 Å².